The predicted octanol–water partition coefficient (Wildman–Crippen LogP) is 3.30. The van der Waals surface area contributed by atoms with Crippen molar-refractivity contribution in [2.75, 3.05) is 6.54 Å². The number of rotatable bonds is 5. The summed E-state index contributed by atoms with van der Waals surface area (Å²) in [6, 6.07) is 3.08. The van der Waals surface area contributed by atoms with Crippen LogP contribution in [0.25, 0.3) is 0 Å². The normalized spacial score (nSPS) is 12.4. The summed E-state index contributed by atoms with van der Waals surface area (Å²) >= 11 is 0. The smallest absolute Gasteiger partial charge is 0.406 e. The van der Waals surface area contributed by atoms with E-state index in [0.29, 0.717) is 10.7 Å². The van der Waals surface area contributed by atoms with Crippen molar-refractivity contribution in [2.45, 2.75) is 19.6 Å². The van der Waals surface area contributed by atoms with Crippen LogP contribution in [0.5, 0.6) is 0 Å². The topological polar surface area (TPSA) is 33.5 Å². The van der Waals surface area contributed by atoms with E-state index in [2.05, 4.69) is 0 Å². The van der Waals surface area contributed by atoms with E-state index in [0.717, 1.165) is 6.08 Å². The molecule has 0 aliphatic rings. The maximum absolute atomic E-state index is 12.4. The summed E-state index contributed by atoms with van der Waals surface area (Å²) in [5.74, 6) is -0.413. The summed E-state index contributed by atoms with van der Waals surface area (Å²) in [4.78, 5) is 12.4. The lowest BCUT2D eigenvalue weighted by Crippen LogP contribution is -2.37. The van der Waals surface area contributed by atoms with Crippen LogP contribution in [0.15, 0.2) is 47.1 Å². The molecule has 0 bridgehead atoms. The number of allylic oxidation sites excluding steroid dienone is 3. The van der Waals surface area contributed by atoms with Crippen LogP contribution in [-0.4, -0.2) is 23.5 Å². The van der Waals surface area contributed by atoms with E-state index in [-0.39, 0.29) is 6.54 Å². The molecule has 3 nitrogen and oxygen atoms in total. The second-order valence-corrected chi connectivity index (χ2v) is 3.77. The Morgan fingerprint density at radius 3 is 2.68 bits per heavy atom. The number of nitrogens with zero attached hydrogens (tertiary/aromatic N) is 1. The molecule has 19 heavy (non-hydrogen) atoms. The number of halogens is 3. The summed E-state index contributed by atoms with van der Waals surface area (Å²) in [6.07, 6.45) is 2.63. The molecule has 104 valence electrons. The van der Waals surface area contributed by atoms with E-state index in [4.69, 9.17) is 4.42 Å². The largest absolute Gasteiger partial charge is 0.467 e. The Bertz CT molecular complexity index is 447. The van der Waals surface area contributed by atoms with Gasteiger partial charge in [-0.2, -0.15) is 13.2 Å². The molecule has 0 N–H and O–H groups in total. The summed E-state index contributed by atoms with van der Waals surface area (Å²) in [7, 11) is 0. The molecule has 0 saturated carbocycles. The van der Waals surface area contributed by atoms with E-state index >= 15 is 0 Å². The van der Waals surface area contributed by atoms with Gasteiger partial charge >= 0.3 is 6.18 Å². The molecule has 0 spiro atoms. The van der Waals surface area contributed by atoms with Gasteiger partial charge in [0.25, 0.3) is 0 Å². The fourth-order valence-corrected chi connectivity index (χ4v) is 1.37. The van der Waals surface area contributed by atoms with Gasteiger partial charge in [-0.3, -0.25) is 4.79 Å². The molecule has 0 saturated heterocycles. The minimum absolute atomic E-state index is 0.217. The first-order valence-electron chi connectivity index (χ1n) is 5.60. The molecule has 1 heterocycles. The standard InChI is InChI=1S/C13H14F3NO2/c1-2-3-4-7-12(18)17(10-13(14,15)16)9-11-6-5-8-19-11/h2-8H,9-10H2,1H3/b3-2+,7-4+. The van der Waals surface area contributed by atoms with Gasteiger partial charge in [0.1, 0.15) is 12.3 Å². The second-order valence-electron chi connectivity index (χ2n) is 3.77. The molecule has 0 atom stereocenters. The number of carbonyl (C=O) groups is 1. The third-order valence-electron chi connectivity index (χ3n) is 2.15. The summed E-state index contributed by atoms with van der Waals surface area (Å²) in [5, 5.41) is 0. The van der Waals surface area contributed by atoms with Crippen molar-refractivity contribution in [2.24, 2.45) is 0 Å². The van der Waals surface area contributed by atoms with Crippen LogP contribution in [0, 0.1) is 0 Å². The first kappa shape index (κ1) is 15.1. The molecule has 6 heteroatoms. The van der Waals surface area contributed by atoms with Crippen LogP contribution in [0.4, 0.5) is 13.2 Å². The number of hydrogen-bond acceptors (Lipinski definition) is 2. The highest BCUT2D eigenvalue weighted by Gasteiger charge is 2.32. The molecule has 1 aromatic rings. The molecule has 1 aromatic heterocycles. The van der Waals surface area contributed by atoms with Gasteiger partial charge in [-0.15, -0.1) is 0 Å². The monoisotopic (exact) mass is 273 g/mol. The average molecular weight is 273 g/mol. The lowest BCUT2D eigenvalue weighted by atomic mass is 10.3. The molecule has 0 aliphatic heterocycles. The van der Waals surface area contributed by atoms with Gasteiger partial charge in [0.15, 0.2) is 0 Å². The van der Waals surface area contributed by atoms with E-state index < -0.39 is 18.6 Å². The van der Waals surface area contributed by atoms with Crippen LogP contribution in [0.1, 0.15) is 12.7 Å². The van der Waals surface area contributed by atoms with Crippen molar-refractivity contribution in [1.82, 2.24) is 4.90 Å². The van der Waals surface area contributed by atoms with Gasteiger partial charge in [0, 0.05) is 6.08 Å². The highest BCUT2D eigenvalue weighted by Crippen LogP contribution is 2.18. The van der Waals surface area contributed by atoms with Gasteiger partial charge in [0.2, 0.25) is 5.91 Å². The zero-order valence-electron chi connectivity index (χ0n) is 10.4. The lowest BCUT2D eigenvalue weighted by Gasteiger charge is -2.21. The van der Waals surface area contributed by atoms with Crippen LogP contribution in [-0.2, 0) is 11.3 Å². The van der Waals surface area contributed by atoms with Crippen molar-refractivity contribution in [3.63, 3.8) is 0 Å². The fourth-order valence-electron chi connectivity index (χ4n) is 1.37. The van der Waals surface area contributed by atoms with Crippen molar-refractivity contribution in [1.29, 1.82) is 0 Å². The average Bonchev–Trinajstić information content (AvgIpc) is 2.79. The Labute approximate surface area is 109 Å². The zero-order valence-corrected chi connectivity index (χ0v) is 10.4. The van der Waals surface area contributed by atoms with Gasteiger partial charge in [0.05, 0.1) is 12.8 Å². The number of furan rings is 1. The predicted molar refractivity (Wildman–Crippen MR) is 64.1 cm³/mol. The van der Waals surface area contributed by atoms with E-state index in [1.807, 2.05) is 0 Å². The lowest BCUT2D eigenvalue weighted by molar-refractivity contribution is -0.159. The van der Waals surface area contributed by atoms with E-state index in [1.165, 1.54) is 18.4 Å². The van der Waals surface area contributed by atoms with Gasteiger partial charge in [-0.25, -0.2) is 0 Å². The van der Waals surface area contributed by atoms with Crippen LogP contribution < -0.4 is 0 Å². The van der Waals surface area contributed by atoms with Crippen LogP contribution in [0.3, 0.4) is 0 Å². The van der Waals surface area contributed by atoms with Gasteiger partial charge in [-0.05, 0) is 19.1 Å². The minimum atomic E-state index is -4.45. The number of carbonyl (C=O) groups excluding carboxylic acids is 1. The first-order chi connectivity index (χ1) is 8.92. The maximum atomic E-state index is 12.4. The third-order valence-corrected chi connectivity index (χ3v) is 2.15. The first-order valence-corrected chi connectivity index (χ1v) is 5.60. The zero-order chi connectivity index (χ0) is 14.3. The molecule has 0 aliphatic carbocycles. The number of alkyl halides is 3. The molecule has 0 aromatic carbocycles. The van der Waals surface area contributed by atoms with Crippen molar-refractivity contribution >= 4 is 5.91 Å². The van der Waals surface area contributed by atoms with Crippen molar-refractivity contribution in [3.05, 3.63) is 48.5 Å². The van der Waals surface area contributed by atoms with Crippen molar-refractivity contribution in [3.8, 4) is 0 Å². The molecular weight excluding hydrogens is 259 g/mol. The quantitative estimate of drug-likeness (QED) is 0.609. The summed E-state index contributed by atoms with van der Waals surface area (Å²) < 4.78 is 42.2. The third kappa shape index (κ3) is 5.94. The molecule has 0 radical (unpaired) electrons. The van der Waals surface area contributed by atoms with Gasteiger partial charge < -0.3 is 9.32 Å². The highest BCUT2D eigenvalue weighted by atomic mass is 19.4. The van der Waals surface area contributed by atoms with Crippen LogP contribution >= 0.6 is 0 Å². The Morgan fingerprint density at radius 2 is 2.16 bits per heavy atom. The van der Waals surface area contributed by atoms with Gasteiger partial charge in [-0.1, -0.05) is 18.2 Å². The SMILES string of the molecule is C/C=C/C=C/C(=O)N(Cc1ccco1)CC(F)(F)F. The molecule has 1 amide bonds. The Kier molecular flexibility index (Phi) is 5.41. The molecule has 0 fully saturated rings. The summed E-state index contributed by atoms with van der Waals surface area (Å²) in [6.45, 7) is 0.212. The van der Waals surface area contributed by atoms with Crippen LogP contribution in [0.2, 0.25) is 0 Å². The second kappa shape index (κ2) is 6.82. The number of hydrogen-bond donors (Lipinski definition) is 0. The number of amides is 1. The minimum Gasteiger partial charge on any atom is -0.467 e. The Hall–Kier alpha value is -1.98. The molecule has 0 unspecified atom stereocenters. The maximum Gasteiger partial charge on any atom is 0.406 e. The fraction of sp³-hybridized carbons (Fsp3) is 0.308. The highest BCUT2D eigenvalue weighted by molar-refractivity contribution is 5.87. The molecular formula is C13H14F3NO2. The van der Waals surface area contributed by atoms with E-state index in [9.17, 15) is 18.0 Å². The molecule has 1 rings (SSSR count). The Morgan fingerprint density at radius 1 is 1.42 bits per heavy atom. The van der Waals surface area contributed by atoms with Crippen molar-refractivity contribution < 1.29 is 22.4 Å². The Balaban J connectivity index is 2.76. The summed E-state index contributed by atoms with van der Waals surface area (Å²) in [5.41, 5.74) is 0. The van der Waals surface area contributed by atoms with E-state index in [1.54, 1.807) is 25.1 Å².